The van der Waals surface area contributed by atoms with Crippen molar-refractivity contribution in [3.63, 3.8) is 0 Å². The van der Waals surface area contributed by atoms with E-state index in [0.29, 0.717) is 55.3 Å². The molecule has 1 aliphatic heterocycles. The number of oxazole rings is 1. The number of fused-ring (bicyclic) bond motifs is 1. The maximum Gasteiger partial charge on any atom is 0.416 e. The number of rotatable bonds is 2. The van der Waals surface area contributed by atoms with Crippen LogP contribution in [-0.4, -0.2) is 41.4 Å². The zero-order valence-corrected chi connectivity index (χ0v) is 14.4. The molecule has 1 aromatic carbocycles. The fourth-order valence-electron chi connectivity index (χ4n) is 3.10. The second kappa shape index (κ2) is 6.41. The maximum absolute atomic E-state index is 12.9. The van der Waals surface area contributed by atoms with Crippen molar-refractivity contribution in [2.24, 2.45) is 0 Å². The molecule has 2 aromatic heterocycles. The van der Waals surface area contributed by atoms with E-state index >= 15 is 0 Å². The van der Waals surface area contributed by atoms with Crippen LogP contribution in [0, 0.1) is 6.92 Å². The number of aromatic nitrogens is 2. The van der Waals surface area contributed by atoms with Crippen molar-refractivity contribution < 1.29 is 27.4 Å². The number of pyridine rings is 1. The first-order chi connectivity index (χ1) is 12.8. The number of aromatic hydroxyl groups is 1. The molecule has 0 unspecified atom stereocenters. The fourth-order valence-corrected chi connectivity index (χ4v) is 3.10. The molecule has 0 spiro atoms. The number of ether oxygens (including phenoxy) is 1. The number of nitrogens with zero attached hydrogens (tertiary/aromatic N) is 3. The number of phenolic OH excluding ortho intramolecular Hbond substituents is 1. The molecule has 6 nitrogen and oxygen atoms in total. The highest BCUT2D eigenvalue weighted by Crippen LogP contribution is 2.39. The molecule has 0 amide bonds. The summed E-state index contributed by atoms with van der Waals surface area (Å²) in [5, 5.41) is 10.2. The maximum atomic E-state index is 12.9. The zero-order chi connectivity index (χ0) is 19.2. The van der Waals surface area contributed by atoms with E-state index in [4.69, 9.17) is 9.15 Å². The Balaban J connectivity index is 1.74. The Kier molecular flexibility index (Phi) is 4.18. The summed E-state index contributed by atoms with van der Waals surface area (Å²) in [6.07, 6.45) is -4.53. The van der Waals surface area contributed by atoms with E-state index in [1.807, 2.05) is 4.90 Å². The van der Waals surface area contributed by atoms with Crippen molar-refractivity contribution in [1.29, 1.82) is 0 Å². The summed E-state index contributed by atoms with van der Waals surface area (Å²) in [4.78, 5) is 10.7. The van der Waals surface area contributed by atoms with Crippen LogP contribution < -0.4 is 4.90 Å². The lowest BCUT2D eigenvalue weighted by molar-refractivity contribution is -0.137. The molecule has 0 aliphatic carbocycles. The van der Waals surface area contributed by atoms with Gasteiger partial charge in [0.05, 0.1) is 24.5 Å². The SMILES string of the molecule is Cc1cc(C(F)(F)F)cc(O)c1-c1ccc2oc(N3CCOCC3)nc2n1. The predicted molar refractivity (Wildman–Crippen MR) is 91.7 cm³/mol. The Morgan fingerprint density at radius 1 is 1.11 bits per heavy atom. The largest absolute Gasteiger partial charge is 0.507 e. The molecular weight excluding hydrogens is 363 g/mol. The molecule has 4 rings (SSSR count). The standard InChI is InChI=1S/C18H16F3N3O3/c1-10-8-11(18(19,20)21)9-13(25)15(10)12-2-3-14-16(22-12)23-17(27-14)24-4-6-26-7-5-24/h2-3,8-9,25H,4-7H2,1H3. The van der Waals surface area contributed by atoms with Gasteiger partial charge in [0.15, 0.2) is 5.58 Å². The number of alkyl halides is 3. The Hall–Kier alpha value is -2.81. The van der Waals surface area contributed by atoms with E-state index in [2.05, 4.69) is 9.97 Å². The van der Waals surface area contributed by atoms with Crippen LogP contribution in [0.3, 0.4) is 0 Å². The topological polar surface area (TPSA) is 71.6 Å². The first-order valence-corrected chi connectivity index (χ1v) is 8.34. The average Bonchev–Trinajstić information content (AvgIpc) is 3.04. The van der Waals surface area contributed by atoms with Crippen LogP contribution in [-0.2, 0) is 10.9 Å². The molecule has 1 saturated heterocycles. The summed E-state index contributed by atoms with van der Waals surface area (Å²) in [5.41, 5.74) is 0.718. The van der Waals surface area contributed by atoms with Gasteiger partial charge in [-0.05, 0) is 36.8 Å². The molecule has 3 heterocycles. The number of hydrogen-bond donors (Lipinski definition) is 1. The minimum atomic E-state index is -4.53. The lowest BCUT2D eigenvalue weighted by atomic mass is 10.0. The monoisotopic (exact) mass is 379 g/mol. The summed E-state index contributed by atoms with van der Waals surface area (Å²) in [6, 6.07) is 5.35. The first kappa shape index (κ1) is 17.6. The summed E-state index contributed by atoms with van der Waals surface area (Å²) in [5.74, 6) is -0.480. The van der Waals surface area contributed by atoms with Crippen LogP contribution in [0.2, 0.25) is 0 Å². The van der Waals surface area contributed by atoms with E-state index in [9.17, 15) is 18.3 Å². The van der Waals surface area contributed by atoms with Crippen molar-refractivity contribution in [1.82, 2.24) is 9.97 Å². The van der Waals surface area contributed by atoms with Gasteiger partial charge in [-0.3, -0.25) is 0 Å². The summed E-state index contributed by atoms with van der Waals surface area (Å²) in [7, 11) is 0. The zero-order valence-electron chi connectivity index (χ0n) is 14.4. The van der Waals surface area contributed by atoms with Gasteiger partial charge >= 0.3 is 6.18 Å². The van der Waals surface area contributed by atoms with Gasteiger partial charge in [0.2, 0.25) is 5.65 Å². The Bertz CT molecular complexity index is 971. The number of halogens is 3. The van der Waals surface area contributed by atoms with Crippen LogP contribution in [0.1, 0.15) is 11.1 Å². The molecule has 27 heavy (non-hydrogen) atoms. The van der Waals surface area contributed by atoms with Gasteiger partial charge in [-0.2, -0.15) is 18.2 Å². The summed E-state index contributed by atoms with van der Waals surface area (Å²) >= 11 is 0. The molecule has 0 atom stereocenters. The van der Waals surface area contributed by atoms with E-state index in [1.165, 1.54) is 6.92 Å². The molecule has 9 heteroatoms. The third kappa shape index (κ3) is 3.30. The normalized spacial score (nSPS) is 15.5. The third-order valence-electron chi connectivity index (χ3n) is 4.42. The molecule has 1 fully saturated rings. The van der Waals surface area contributed by atoms with Gasteiger partial charge in [0.1, 0.15) is 5.75 Å². The van der Waals surface area contributed by atoms with E-state index in [-0.39, 0.29) is 11.1 Å². The van der Waals surface area contributed by atoms with Gasteiger partial charge in [-0.15, -0.1) is 0 Å². The van der Waals surface area contributed by atoms with E-state index < -0.39 is 17.5 Å². The fraction of sp³-hybridized carbons (Fsp3) is 0.333. The Labute approximate surface area is 152 Å². The smallest absolute Gasteiger partial charge is 0.416 e. The van der Waals surface area contributed by atoms with Gasteiger partial charge in [-0.1, -0.05) is 0 Å². The number of morpholine rings is 1. The molecule has 0 bridgehead atoms. The molecule has 3 aromatic rings. The van der Waals surface area contributed by atoms with Crippen molar-refractivity contribution in [2.75, 3.05) is 31.2 Å². The molecule has 142 valence electrons. The molecular formula is C18H16F3N3O3. The average molecular weight is 379 g/mol. The highest BCUT2D eigenvalue weighted by molar-refractivity contribution is 5.78. The van der Waals surface area contributed by atoms with E-state index in [0.717, 1.165) is 6.07 Å². The number of aryl methyl sites for hydroxylation is 1. The van der Waals surface area contributed by atoms with Crippen LogP contribution in [0.25, 0.3) is 22.5 Å². The number of benzene rings is 1. The molecule has 0 radical (unpaired) electrons. The molecule has 1 aliphatic rings. The summed E-state index contributed by atoms with van der Waals surface area (Å²) < 4.78 is 49.7. The third-order valence-corrected chi connectivity index (χ3v) is 4.42. The van der Waals surface area contributed by atoms with Gasteiger partial charge in [-0.25, -0.2) is 4.98 Å². The van der Waals surface area contributed by atoms with Gasteiger partial charge < -0.3 is 19.2 Å². The summed E-state index contributed by atoms with van der Waals surface area (Å²) in [6.45, 7) is 3.96. The van der Waals surface area contributed by atoms with Crippen LogP contribution >= 0.6 is 0 Å². The van der Waals surface area contributed by atoms with Crippen molar-refractivity contribution in [2.45, 2.75) is 13.1 Å². The minimum Gasteiger partial charge on any atom is -0.507 e. The molecule has 0 saturated carbocycles. The Morgan fingerprint density at radius 2 is 1.85 bits per heavy atom. The highest BCUT2D eigenvalue weighted by atomic mass is 19.4. The number of phenols is 1. The lowest BCUT2D eigenvalue weighted by Crippen LogP contribution is -2.36. The predicted octanol–water partition coefficient (Wildman–Crippen LogP) is 3.76. The second-order valence-electron chi connectivity index (χ2n) is 6.30. The van der Waals surface area contributed by atoms with Crippen LogP contribution in [0.4, 0.5) is 19.2 Å². The molecule has 1 N–H and O–H groups in total. The van der Waals surface area contributed by atoms with Crippen molar-refractivity contribution in [3.05, 3.63) is 35.4 Å². The van der Waals surface area contributed by atoms with Crippen LogP contribution in [0.5, 0.6) is 5.75 Å². The van der Waals surface area contributed by atoms with Gasteiger partial charge in [0.25, 0.3) is 6.01 Å². The number of anilines is 1. The first-order valence-electron chi connectivity index (χ1n) is 8.34. The van der Waals surface area contributed by atoms with E-state index in [1.54, 1.807) is 12.1 Å². The minimum absolute atomic E-state index is 0.237. The Morgan fingerprint density at radius 3 is 2.52 bits per heavy atom. The van der Waals surface area contributed by atoms with Crippen molar-refractivity contribution in [3.8, 4) is 17.0 Å². The quantitative estimate of drug-likeness (QED) is 0.731. The van der Waals surface area contributed by atoms with Crippen LogP contribution in [0.15, 0.2) is 28.7 Å². The lowest BCUT2D eigenvalue weighted by Gasteiger charge is -2.24. The number of hydrogen-bond acceptors (Lipinski definition) is 6. The van der Waals surface area contributed by atoms with Crippen molar-refractivity contribution >= 4 is 17.2 Å². The van der Waals surface area contributed by atoms with Gasteiger partial charge in [0, 0.05) is 18.7 Å². The highest BCUT2D eigenvalue weighted by Gasteiger charge is 2.32. The second-order valence-corrected chi connectivity index (χ2v) is 6.30.